The molecular formula is C16H15BrF2O2. The van der Waals surface area contributed by atoms with E-state index in [1.807, 2.05) is 13.0 Å². The van der Waals surface area contributed by atoms with Crippen molar-refractivity contribution < 1.29 is 13.2 Å². The normalized spacial score (nSPS) is 19.0. The van der Waals surface area contributed by atoms with Crippen molar-refractivity contribution in [3.63, 3.8) is 0 Å². The molecule has 21 heavy (non-hydrogen) atoms. The summed E-state index contributed by atoms with van der Waals surface area (Å²) < 4.78 is 33.0. The second-order valence-electron chi connectivity index (χ2n) is 5.77. The molecule has 2 aromatic rings. The second kappa shape index (κ2) is 5.20. The molecule has 5 heteroatoms. The molecule has 0 amide bonds. The van der Waals surface area contributed by atoms with Gasteiger partial charge >= 0.3 is 0 Å². The predicted molar refractivity (Wildman–Crippen MR) is 81.1 cm³/mol. The van der Waals surface area contributed by atoms with Gasteiger partial charge in [-0.1, -0.05) is 0 Å². The molecule has 1 aromatic carbocycles. The van der Waals surface area contributed by atoms with Crippen molar-refractivity contribution in [1.82, 2.24) is 0 Å². The van der Waals surface area contributed by atoms with Crippen molar-refractivity contribution in [3.05, 3.63) is 44.2 Å². The van der Waals surface area contributed by atoms with Gasteiger partial charge in [0.05, 0.1) is 9.86 Å². The molecule has 0 bridgehead atoms. The molecule has 0 aliphatic heterocycles. The molecule has 1 aliphatic carbocycles. The maximum atomic E-state index is 13.2. The van der Waals surface area contributed by atoms with Crippen molar-refractivity contribution in [2.24, 2.45) is 0 Å². The molecule has 0 N–H and O–H groups in total. The van der Waals surface area contributed by atoms with E-state index in [0.29, 0.717) is 29.6 Å². The summed E-state index contributed by atoms with van der Waals surface area (Å²) in [4.78, 5) is 12.2. The first-order chi connectivity index (χ1) is 9.85. The third-order valence-corrected chi connectivity index (χ3v) is 4.66. The van der Waals surface area contributed by atoms with Crippen LogP contribution in [0.3, 0.4) is 0 Å². The van der Waals surface area contributed by atoms with Crippen molar-refractivity contribution in [1.29, 1.82) is 0 Å². The van der Waals surface area contributed by atoms with E-state index in [2.05, 4.69) is 15.9 Å². The average molecular weight is 357 g/mol. The molecule has 112 valence electrons. The molecular weight excluding hydrogens is 342 g/mol. The van der Waals surface area contributed by atoms with Crippen LogP contribution in [0.1, 0.15) is 42.9 Å². The number of aryl methyl sites for hydroxylation is 1. The maximum Gasteiger partial charge on any atom is 0.248 e. The molecule has 2 nitrogen and oxygen atoms in total. The summed E-state index contributed by atoms with van der Waals surface area (Å²) >= 11 is 3.41. The van der Waals surface area contributed by atoms with Gasteiger partial charge in [0, 0.05) is 24.8 Å². The lowest BCUT2D eigenvalue weighted by molar-refractivity contribution is -0.0395. The summed E-state index contributed by atoms with van der Waals surface area (Å²) in [5.74, 6) is -2.16. The Labute approximate surface area is 129 Å². The van der Waals surface area contributed by atoms with Crippen LogP contribution < -0.4 is 5.43 Å². The SMILES string of the molecule is Cc1cc(Br)c2oc(C3CCC(F)(F)CC3)cc(=O)c2c1. The number of fused-ring (bicyclic) bond motifs is 1. The first kappa shape index (κ1) is 14.7. The van der Waals surface area contributed by atoms with Gasteiger partial charge in [0.15, 0.2) is 11.0 Å². The van der Waals surface area contributed by atoms with Crippen LogP contribution in [0.2, 0.25) is 0 Å². The highest BCUT2D eigenvalue weighted by atomic mass is 79.9. The molecule has 3 rings (SSSR count). The zero-order valence-electron chi connectivity index (χ0n) is 11.6. The monoisotopic (exact) mass is 356 g/mol. The maximum absolute atomic E-state index is 13.2. The Balaban J connectivity index is 2.04. The minimum atomic E-state index is -2.58. The average Bonchev–Trinajstić information content (AvgIpc) is 2.40. The first-order valence-electron chi connectivity index (χ1n) is 6.97. The van der Waals surface area contributed by atoms with Gasteiger partial charge in [0.2, 0.25) is 5.92 Å². The summed E-state index contributed by atoms with van der Waals surface area (Å²) in [5.41, 5.74) is 1.35. The molecule has 0 unspecified atom stereocenters. The van der Waals surface area contributed by atoms with Gasteiger partial charge in [-0.25, -0.2) is 8.78 Å². The van der Waals surface area contributed by atoms with Gasteiger partial charge in [-0.15, -0.1) is 0 Å². The Kier molecular flexibility index (Phi) is 3.64. The third kappa shape index (κ3) is 2.89. The summed E-state index contributed by atoms with van der Waals surface area (Å²) in [6, 6.07) is 5.12. The number of hydrogen-bond donors (Lipinski definition) is 0. The van der Waals surface area contributed by atoms with Crippen LogP contribution in [0, 0.1) is 6.92 Å². The van der Waals surface area contributed by atoms with Crippen molar-refractivity contribution >= 4 is 26.9 Å². The van der Waals surface area contributed by atoms with E-state index in [1.165, 1.54) is 6.07 Å². The van der Waals surface area contributed by atoms with Crippen LogP contribution in [-0.2, 0) is 0 Å². The molecule has 1 fully saturated rings. The lowest BCUT2D eigenvalue weighted by Crippen LogP contribution is -2.24. The van der Waals surface area contributed by atoms with Gasteiger partial charge in [0.1, 0.15) is 5.76 Å². The summed E-state index contributed by atoms with van der Waals surface area (Å²) in [6.45, 7) is 1.90. The Morgan fingerprint density at radius 1 is 1.24 bits per heavy atom. The van der Waals surface area contributed by atoms with Gasteiger partial charge in [-0.3, -0.25) is 4.79 Å². The van der Waals surface area contributed by atoms with Gasteiger partial charge in [-0.05, 0) is 53.4 Å². The van der Waals surface area contributed by atoms with E-state index in [4.69, 9.17) is 4.42 Å². The van der Waals surface area contributed by atoms with Gasteiger partial charge in [0.25, 0.3) is 0 Å². The van der Waals surface area contributed by atoms with E-state index in [1.54, 1.807) is 6.07 Å². The zero-order valence-corrected chi connectivity index (χ0v) is 13.2. The fraction of sp³-hybridized carbons (Fsp3) is 0.438. The van der Waals surface area contributed by atoms with Crippen molar-refractivity contribution in [2.75, 3.05) is 0 Å². The van der Waals surface area contributed by atoms with Crippen LogP contribution in [0.15, 0.2) is 31.9 Å². The topological polar surface area (TPSA) is 30.2 Å². The van der Waals surface area contributed by atoms with Crippen LogP contribution in [0.4, 0.5) is 8.78 Å². The summed E-state index contributed by atoms with van der Waals surface area (Å²) in [6.07, 6.45) is 0.415. The Hall–Kier alpha value is -1.23. The zero-order chi connectivity index (χ0) is 15.2. The highest BCUT2D eigenvalue weighted by molar-refractivity contribution is 9.10. The molecule has 1 aromatic heterocycles. The first-order valence-corrected chi connectivity index (χ1v) is 7.77. The second-order valence-corrected chi connectivity index (χ2v) is 6.62. The third-order valence-electron chi connectivity index (χ3n) is 4.07. The minimum Gasteiger partial charge on any atom is -0.459 e. The molecule has 0 radical (unpaired) electrons. The Morgan fingerprint density at radius 3 is 2.57 bits per heavy atom. The number of alkyl halides is 2. The van der Waals surface area contributed by atoms with Gasteiger partial charge < -0.3 is 4.42 Å². The van der Waals surface area contributed by atoms with E-state index in [9.17, 15) is 13.6 Å². The van der Waals surface area contributed by atoms with E-state index in [-0.39, 0.29) is 24.2 Å². The molecule has 1 aliphatic rings. The smallest absolute Gasteiger partial charge is 0.248 e. The number of hydrogen-bond acceptors (Lipinski definition) is 2. The highest BCUT2D eigenvalue weighted by Crippen LogP contribution is 2.41. The standard InChI is InChI=1S/C16H15BrF2O2/c1-9-6-11-13(20)8-14(21-15(11)12(17)7-9)10-2-4-16(18,19)5-3-10/h6-8,10H,2-5H2,1H3. The minimum absolute atomic E-state index is 0.102. The van der Waals surface area contributed by atoms with Crippen LogP contribution in [-0.4, -0.2) is 5.92 Å². The van der Waals surface area contributed by atoms with Gasteiger partial charge in [-0.2, -0.15) is 0 Å². The van der Waals surface area contributed by atoms with E-state index >= 15 is 0 Å². The van der Waals surface area contributed by atoms with Crippen molar-refractivity contribution in [2.45, 2.75) is 44.4 Å². The Morgan fingerprint density at radius 2 is 1.90 bits per heavy atom. The highest BCUT2D eigenvalue weighted by Gasteiger charge is 2.36. The van der Waals surface area contributed by atoms with E-state index < -0.39 is 5.92 Å². The van der Waals surface area contributed by atoms with Crippen LogP contribution in [0.5, 0.6) is 0 Å². The lowest BCUT2D eigenvalue weighted by atomic mass is 9.85. The molecule has 0 atom stereocenters. The fourth-order valence-electron chi connectivity index (χ4n) is 2.90. The summed E-state index contributed by atoms with van der Waals surface area (Å²) in [5, 5.41) is 0.520. The predicted octanol–water partition coefficient (Wildman–Crippen LogP) is 5.16. The summed E-state index contributed by atoms with van der Waals surface area (Å²) in [7, 11) is 0. The number of halogens is 3. The van der Waals surface area contributed by atoms with Crippen LogP contribution >= 0.6 is 15.9 Å². The molecule has 1 heterocycles. The molecule has 1 saturated carbocycles. The van der Waals surface area contributed by atoms with E-state index in [0.717, 1.165) is 10.0 Å². The largest absolute Gasteiger partial charge is 0.459 e. The number of rotatable bonds is 1. The quantitative estimate of drug-likeness (QED) is 0.706. The molecule has 0 spiro atoms. The van der Waals surface area contributed by atoms with Crippen LogP contribution in [0.25, 0.3) is 11.0 Å². The number of benzene rings is 1. The fourth-order valence-corrected chi connectivity index (χ4v) is 3.55. The lowest BCUT2D eigenvalue weighted by Gasteiger charge is -2.27. The molecule has 0 saturated heterocycles. The van der Waals surface area contributed by atoms with Crippen molar-refractivity contribution in [3.8, 4) is 0 Å². The Bertz CT molecular complexity index is 742.